The van der Waals surface area contributed by atoms with Crippen molar-refractivity contribution in [1.29, 1.82) is 0 Å². The summed E-state index contributed by atoms with van der Waals surface area (Å²) in [4.78, 5) is 9.75. The zero-order chi connectivity index (χ0) is 13.8. The molecule has 0 saturated heterocycles. The van der Waals surface area contributed by atoms with Gasteiger partial charge in [0.15, 0.2) is 0 Å². The molecule has 5 heteroatoms. The molecule has 2 N–H and O–H groups in total. The Hall–Kier alpha value is -1.46. The van der Waals surface area contributed by atoms with Crippen LogP contribution >= 0.6 is 11.8 Å². The molecule has 0 aliphatic rings. The zero-order valence-electron chi connectivity index (χ0n) is 10.9. The molecule has 0 fully saturated rings. The van der Waals surface area contributed by atoms with Crippen molar-refractivity contribution in [1.82, 2.24) is 9.97 Å². The van der Waals surface area contributed by atoms with Gasteiger partial charge in [-0.2, -0.15) is 0 Å². The van der Waals surface area contributed by atoms with Crippen molar-refractivity contribution in [3.63, 3.8) is 0 Å². The van der Waals surface area contributed by atoms with E-state index in [1.54, 1.807) is 30.1 Å². The first-order valence-corrected chi connectivity index (χ1v) is 7.01. The molecule has 0 bridgehead atoms. The predicted molar refractivity (Wildman–Crippen MR) is 75.3 cm³/mol. The van der Waals surface area contributed by atoms with Gasteiger partial charge in [0.25, 0.3) is 0 Å². The Morgan fingerprint density at radius 3 is 2.58 bits per heavy atom. The molecule has 1 aromatic heterocycles. The Kier molecular flexibility index (Phi) is 4.50. The Balaban J connectivity index is 2.04. The first-order valence-electron chi connectivity index (χ1n) is 6.02. The molecule has 0 radical (unpaired) electrons. The second kappa shape index (κ2) is 6.12. The van der Waals surface area contributed by atoms with Gasteiger partial charge in [0.05, 0.1) is 5.75 Å². The van der Waals surface area contributed by atoms with Gasteiger partial charge in [0.2, 0.25) is 0 Å². The van der Waals surface area contributed by atoms with Crippen LogP contribution in [0.4, 0.5) is 4.39 Å². The highest BCUT2D eigenvalue weighted by atomic mass is 32.2. The Morgan fingerprint density at radius 2 is 2.00 bits per heavy atom. The van der Waals surface area contributed by atoms with Gasteiger partial charge in [-0.15, -0.1) is 11.8 Å². The molecule has 0 amide bonds. The summed E-state index contributed by atoms with van der Waals surface area (Å²) in [7, 11) is 0. The average Bonchev–Trinajstić information content (AvgIpc) is 2.37. The summed E-state index contributed by atoms with van der Waals surface area (Å²) in [5, 5.41) is 0. The van der Waals surface area contributed by atoms with Crippen molar-refractivity contribution in [2.45, 2.75) is 30.5 Å². The summed E-state index contributed by atoms with van der Waals surface area (Å²) in [6, 6.07) is 6.35. The molecule has 1 aromatic carbocycles. The standard InChI is InChI=1S/C14H16FN3S/c1-9(16)13-7-17-14(18-10(13)2)8-19-12-5-3-11(15)4-6-12/h3-7,9H,8,16H2,1-2H3/t9-/m0/s1. The number of nitrogens with zero attached hydrogens (tertiary/aromatic N) is 2. The lowest BCUT2D eigenvalue weighted by Crippen LogP contribution is -2.10. The maximum atomic E-state index is 12.8. The maximum Gasteiger partial charge on any atom is 0.138 e. The van der Waals surface area contributed by atoms with E-state index in [1.165, 1.54) is 12.1 Å². The molecular formula is C14H16FN3S. The lowest BCUT2D eigenvalue weighted by atomic mass is 10.1. The molecule has 1 heterocycles. The van der Waals surface area contributed by atoms with E-state index in [0.717, 1.165) is 22.0 Å². The number of benzene rings is 1. The number of aryl methyl sites for hydroxylation is 1. The number of thioether (sulfide) groups is 1. The van der Waals surface area contributed by atoms with Crippen molar-refractivity contribution in [3.05, 3.63) is 53.4 Å². The Bertz CT molecular complexity index is 555. The van der Waals surface area contributed by atoms with Gasteiger partial charge in [-0.3, -0.25) is 0 Å². The minimum absolute atomic E-state index is 0.0567. The third kappa shape index (κ3) is 3.75. The second-order valence-electron chi connectivity index (χ2n) is 4.36. The maximum absolute atomic E-state index is 12.8. The van der Waals surface area contributed by atoms with Crippen LogP contribution in [0, 0.1) is 12.7 Å². The number of nitrogens with two attached hydrogens (primary N) is 1. The van der Waals surface area contributed by atoms with E-state index in [4.69, 9.17) is 5.73 Å². The van der Waals surface area contributed by atoms with Crippen LogP contribution in [0.3, 0.4) is 0 Å². The summed E-state index contributed by atoms with van der Waals surface area (Å²) in [6.07, 6.45) is 1.79. The summed E-state index contributed by atoms with van der Waals surface area (Å²) in [6.45, 7) is 3.85. The Labute approximate surface area is 116 Å². The van der Waals surface area contributed by atoms with Crippen LogP contribution in [0.15, 0.2) is 35.4 Å². The average molecular weight is 277 g/mol. The zero-order valence-corrected chi connectivity index (χ0v) is 11.7. The highest BCUT2D eigenvalue weighted by molar-refractivity contribution is 7.98. The fourth-order valence-electron chi connectivity index (χ4n) is 1.72. The number of hydrogen-bond acceptors (Lipinski definition) is 4. The SMILES string of the molecule is Cc1nc(CSc2ccc(F)cc2)ncc1[C@H](C)N. The van der Waals surface area contributed by atoms with Crippen LogP contribution < -0.4 is 5.73 Å². The van der Waals surface area contributed by atoms with Gasteiger partial charge < -0.3 is 5.73 Å². The quantitative estimate of drug-likeness (QED) is 0.872. The summed E-state index contributed by atoms with van der Waals surface area (Å²) in [5.41, 5.74) is 7.71. The van der Waals surface area contributed by atoms with Gasteiger partial charge in [-0.25, -0.2) is 14.4 Å². The highest BCUT2D eigenvalue weighted by Gasteiger charge is 2.07. The summed E-state index contributed by atoms with van der Waals surface area (Å²) < 4.78 is 12.8. The number of halogens is 1. The minimum Gasteiger partial charge on any atom is -0.324 e. The third-order valence-corrected chi connectivity index (χ3v) is 3.75. The van der Waals surface area contributed by atoms with E-state index in [9.17, 15) is 4.39 Å². The van der Waals surface area contributed by atoms with E-state index >= 15 is 0 Å². The van der Waals surface area contributed by atoms with E-state index in [2.05, 4.69) is 9.97 Å². The fraction of sp³-hybridized carbons (Fsp3) is 0.286. The molecule has 100 valence electrons. The van der Waals surface area contributed by atoms with Crippen LogP contribution in [0.5, 0.6) is 0 Å². The van der Waals surface area contributed by atoms with Gasteiger partial charge >= 0.3 is 0 Å². The number of rotatable bonds is 4. The molecule has 0 aliphatic carbocycles. The van der Waals surface area contributed by atoms with Crippen molar-refractivity contribution in [2.24, 2.45) is 5.73 Å². The third-order valence-electron chi connectivity index (χ3n) is 2.74. The predicted octanol–water partition coefficient (Wildman–Crippen LogP) is 3.24. The molecule has 0 aliphatic heterocycles. The fourth-order valence-corrected chi connectivity index (χ4v) is 2.48. The van der Waals surface area contributed by atoms with Gasteiger partial charge in [0.1, 0.15) is 11.6 Å². The summed E-state index contributed by atoms with van der Waals surface area (Å²) >= 11 is 1.58. The molecule has 19 heavy (non-hydrogen) atoms. The molecule has 3 nitrogen and oxygen atoms in total. The minimum atomic E-state index is -0.224. The monoisotopic (exact) mass is 277 g/mol. The molecule has 2 aromatic rings. The van der Waals surface area contributed by atoms with Crippen molar-refractivity contribution in [2.75, 3.05) is 0 Å². The largest absolute Gasteiger partial charge is 0.324 e. The molecule has 2 rings (SSSR count). The second-order valence-corrected chi connectivity index (χ2v) is 5.41. The molecular weight excluding hydrogens is 261 g/mol. The van der Waals surface area contributed by atoms with Crippen LogP contribution in [-0.2, 0) is 5.75 Å². The highest BCUT2D eigenvalue weighted by Crippen LogP contribution is 2.22. The molecule has 1 atom stereocenters. The van der Waals surface area contributed by atoms with Gasteiger partial charge in [-0.05, 0) is 38.1 Å². The van der Waals surface area contributed by atoms with E-state index in [1.807, 2.05) is 13.8 Å². The topological polar surface area (TPSA) is 51.8 Å². The smallest absolute Gasteiger partial charge is 0.138 e. The van der Waals surface area contributed by atoms with E-state index in [0.29, 0.717) is 5.75 Å². The normalized spacial score (nSPS) is 12.4. The van der Waals surface area contributed by atoms with Crippen LogP contribution in [0.25, 0.3) is 0 Å². The number of aromatic nitrogens is 2. The lowest BCUT2D eigenvalue weighted by molar-refractivity contribution is 0.626. The number of hydrogen-bond donors (Lipinski definition) is 1. The lowest BCUT2D eigenvalue weighted by Gasteiger charge is -2.09. The van der Waals surface area contributed by atoms with Crippen molar-refractivity contribution >= 4 is 11.8 Å². The van der Waals surface area contributed by atoms with Gasteiger partial charge in [-0.1, -0.05) is 0 Å². The molecule has 0 spiro atoms. The molecule has 0 saturated carbocycles. The van der Waals surface area contributed by atoms with Gasteiger partial charge in [0, 0.05) is 28.4 Å². The van der Waals surface area contributed by atoms with E-state index < -0.39 is 0 Å². The van der Waals surface area contributed by atoms with E-state index in [-0.39, 0.29) is 11.9 Å². The van der Waals surface area contributed by atoms with Crippen LogP contribution in [-0.4, -0.2) is 9.97 Å². The summed E-state index contributed by atoms with van der Waals surface area (Å²) in [5.74, 6) is 1.19. The molecule has 0 unspecified atom stereocenters. The van der Waals surface area contributed by atoms with Crippen molar-refractivity contribution in [3.8, 4) is 0 Å². The van der Waals surface area contributed by atoms with Crippen LogP contribution in [0.1, 0.15) is 30.0 Å². The Morgan fingerprint density at radius 1 is 1.32 bits per heavy atom. The van der Waals surface area contributed by atoms with Crippen molar-refractivity contribution < 1.29 is 4.39 Å². The first-order chi connectivity index (χ1) is 9.06. The first kappa shape index (κ1) is 14.0. The van der Waals surface area contributed by atoms with Crippen LogP contribution in [0.2, 0.25) is 0 Å².